The molecule has 0 heterocycles. The van der Waals surface area contributed by atoms with Crippen molar-refractivity contribution in [3.63, 3.8) is 0 Å². The van der Waals surface area contributed by atoms with Crippen LogP contribution in [-0.4, -0.2) is 187 Å². The van der Waals surface area contributed by atoms with Gasteiger partial charge in [0.2, 0.25) is 0 Å². The van der Waals surface area contributed by atoms with Crippen molar-refractivity contribution in [1.82, 2.24) is 0 Å². The second-order valence-electron chi connectivity index (χ2n) is 14.2. The topological polar surface area (TPSA) is 146 Å². The molecule has 0 aliphatic heterocycles. The standard InChI is InChI=1S/C44H74O15Si/c1-44(2,3)60(41-11-7-5-8-12-41,42-13-9-6-10-14-42)59-40-39-58-38-37-57-36-35-56-34-33-55-32-31-54-30-29-53-28-27-52-26-25-51-24-23-50-22-21-49-20-19-48-18-17-47-16-15-43(45)46-4/h5-14H,15-40H2,1-4H3. The Labute approximate surface area is 359 Å². The highest BCUT2D eigenvalue weighted by atomic mass is 28.4. The normalized spacial score (nSPS) is 12.0. The van der Waals surface area contributed by atoms with E-state index in [0.717, 1.165) is 0 Å². The monoisotopic (exact) mass is 870 g/mol. The Balaban J connectivity index is 1.25. The molecule has 16 heteroatoms. The van der Waals surface area contributed by atoms with Gasteiger partial charge in [0.1, 0.15) is 0 Å². The Bertz CT molecular complexity index is 1200. The number of hydrogen-bond donors (Lipinski definition) is 0. The van der Waals surface area contributed by atoms with E-state index in [4.69, 9.17) is 61.3 Å². The SMILES string of the molecule is COC(=O)CCOCCOCCOCCOCCOCCOCCOCCOCCOCCOCCOCCOCCO[Si](c1ccccc1)(c1ccccc1)C(C)(C)C. The lowest BCUT2D eigenvalue weighted by Crippen LogP contribution is -2.66. The lowest BCUT2D eigenvalue weighted by Gasteiger charge is -2.43. The Kier molecular flexibility index (Phi) is 33.3. The third-order valence-corrected chi connectivity index (χ3v) is 13.8. The minimum atomic E-state index is -2.55. The van der Waals surface area contributed by atoms with Crippen molar-refractivity contribution in [2.75, 3.05) is 172 Å². The van der Waals surface area contributed by atoms with Gasteiger partial charge in [0.25, 0.3) is 8.32 Å². The number of ether oxygens (including phenoxy) is 13. The van der Waals surface area contributed by atoms with Gasteiger partial charge in [-0.15, -0.1) is 0 Å². The molecule has 0 fully saturated rings. The molecule has 0 amide bonds. The van der Waals surface area contributed by atoms with Gasteiger partial charge in [-0.2, -0.15) is 0 Å². The van der Waals surface area contributed by atoms with Crippen LogP contribution in [-0.2, 0) is 70.8 Å². The summed E-state index contributed by atoms with van der Waals surface area (Å²) in [4.78, 5) is 11.0. The Morgan fingerprint density at radius 3 is 0.850 bits per heavy atom. The van der Waals surface area contributed by atoms with Gasteiger partial charge in [-0.25, -0.2) is 0 Å². The minimum absolute atomic E-state index is 0.0621. The van der Waals surface area contributed by atoms with Crippen molar-refractivity contribution >= 4 is 24.7 Å². The fourth-order valence-electron chi connectivity index (χ4n) is 5.79. The van der Waals surface area contributed by atoms with Crippen LogP contribution in [0.5, 0.6) is 0 Å². The van der Waals surface area contributed by atoms with Crippen LogP contribution in [0, 0.1) is 0 Å². The third-order valence-electron chi connectivity index (χ3n) is 8.73. The average molecular weight is 871 g/mol. The molecule has 2 aromatic rings. The summed E-state index contributed by atoms with van der Waals surface area (Å²) in [6.07, 6.45) is 0.242. The molecule has 0 saturated carbocycles. The summed E-state index contributed by atoms with van der Waals surface area (Å²) in [7, 11) is -1.19. The van der Waals surface area contributed by atoms with E-state index in [-0.39, 0.29) is 17.4 Å². The maximum atomic E-state index is 11.0. The van der Waals surface area contributed by atoms with E-state index in [1.165, 1.54) is 17.5 Å². The molecule has 0 bridgehead atoms. The number of carbonyl (C=O) groups is 1. The predicted molar refractivity (Wildman–Crippen MR) is 230 cm³/mol. The molecule has 0 aliphatic carbocycles. The summed E-state index contributed by atoms with van der Waals surface area (Å²) in [5.74, 6) is -0.288. The van der Waals surface area contributed by atoms with Crippen LogP contribution < -0.4 is 10.4 Å². The van der Waals surface area contributed by atoms with Crippen molar-refractivity contribution in [3.8, 4) is 0 Å². The highest BCUT2D eigenvalue weighted by Gasteiger charge is 2.50. The number of methoxy groups -OCH3 is 1. The van der Waals surface area contributed by atoms with E-state index in [2.05, 4.69) is 86.2 Å². The van der Waals surface area contributed by atoms with E-state index in [1.54, 1.807) is 0 Å². The van der Waals surface area contributed by atoms with Gasteiger partial charge in [0.05, 0.1) is 179 Å². The van der Waals surface area contributed by atoms with Crippen LogP contribution in [0.3, 0.4) is 0 Å². The third kappa shape index (κ3) is 26.2. The van der Waals surface area contributed by atoms with Gasteiger partial charge in [0, 0.05) is 0 Å². The number of benzene rings is 2. The van der Waals surface area contributed by atoms with Gasteiger partial charge < -0.3 is 66.0 Å². The summed E-state index contributed by atoms with van der Waals surface area (Å²) >= 11 is 0. The summed E-state index contributed by atoms with van der Waals surface area (Å²) in [6, 6.07) is 21.3. The molecular weight excluding hydrogens is 797 g/mol. The van der Waals surface area contributed by atoms with E-state index in [9.17, 15) is 4.79 Å². The van der Waals surface area contributed by atoms with E-state index in [0.29, 0.717) is 165 Å². The first-order chi connectivity index (χ1) is 29.4. The zero-order chi connectivity index (χ0) is 43.1. The van der Waals surface area contributed by atoms with Gasteiger partial charge >= 0.3 is 5.97 Å². The maximum Gasteiger partial charge on any atom is 0.307 e. The fraction of sp³-hybridized carbons (Fsp3) is 0.705. The second kappa shape index (κ2) is 37.2. The van der Waals surface area contributed by atoms with Crippen molar-refractivity contribution in [2.45, 2.75) is 32.2 Å². The van der Waals surface area contributed by atoms with Crippen molar-refractivity contribution in [1.29, 1.82) is 0 Å². The molecule has 0 atom stereocenters. The first-order valence-corrected chi connectivity index (χ1v) is 23.1. The molecule has 2 aromatic carbocycles. The smallest absolute Gasteiger partial charge is 0.307 e. The van der Waals surface area contributed by atoms with Crippen LogP contribution in [0.15, 0.2) is 60.7 Å². The summed E-state index contributed by atoms with van der Waals surface area (Å²) in [6.45, 7) is 18.8. The first kappa shape index (κ1) is 53.7. The maximum absolute atomic E-state index is 11.0. The second-order valence-corrected chi connectivity index (χ2v) is 18.5. The van der Waals surface area contributed by atoms with Crippen molar-refractivity contribution in [2.24, 2.45) is 0 Å². The molecule has 0 aliphatic rings. The summed E-state index contributed by atoms with van der Waals surface area (Å²) < 4.78 is 77.7. The molecule has 0 aromatic heterocycles. The van der Waals surface area contributed by atoms with Crippen molar-refractivity contribution in [3.05, 3.63) is 60.7 Å². The van der Waals surface area contributed by atoms with Crippen LogP contribution in [0.2, 0.25) is 5.04 Å². The number of hydrogen-bond acceptors (Lipinski definition) is 15. The molecule has 60 heavy (non-hydrogen) atoms. The van der Waals surface area contributed by atoms with Crippen LogP contribution in [0.1, 0.15) is 27.2 Å². The first-order valence-electron chi connectivity index (χ1n) is 21.2. The van der Waals surface area contributed by atoms with E-state index in [1.807, 2.05) is 0 Å². The highest BCUT2D eigenvalue weighted by Crippen LogP contribution is 2.36. The Hall–Kier alpha value is -2.39. The van der Waals surface area contributed by atoms with Crippen molar-refractivity contribution < 1.29 is 70.8 Å². The van der Waals surface area contributed by atoms with Gasteiger partial charge in [-0.05, 0) is 15.4 Å². The molecule has 0 spiro atoms. The largest absolute Gasteiger partial charge is 0.469 e. The molecule has 0 radical (unpaired) electrons. The van der Waals surface area contributed by atoms with Crippen LogP contribution in [0.25, 0.3) is 0 Å². The Morgan fingerprint density at radius 2 is 0.617 bits per heavy atom. The van der Waals surface area contributed by atoms with E-state index >= 15 is 0 Å². The summed E-state index contributed by atoms with van der Waals surface area (Å²) in [5.41, 5.74) is 0. The Morgan fingerprint density at radius 1 is 0.383 bits per heavy atom. The van der Waals surface area contributed by atoms with Gasteiger partial charge in [0.15, 0.2) is 0 Å². The highest BCUT2D eigenvalue weighted by molar-refractivity contribution is 6.99. The van der Waals surface area contributed by atoms with Crippen LogP contribution in [0.4, 0.5) is 0 Å². The molecular formula is C44H74O15Si. The lowest BCUT2D eigenvalue weighted by atomic mass is 10.2. The molecule has 0 unspecified atom stereocenters. The predicted octanol–water partition coefficient (Wildman–Crippen LogP) is 3.33. The zero-order valence-electron chi connectivity index (χ0n) is 36.8. The molecule has 0 saturated heterocycles. The summed E-state index contributed by atoms with van der Waals surface area (Å²) in [5, 5.41) is 2.46. The number of carbonyl (C=O) groups excluding carboxylic acids is 1. The van der Waals surface area contributed by atoms with Crippen LogP contribution >= 0.6 is 0 Å². The average Bonchev–Trinajstić information content (AvgIpc) is 3.25. The number of rotatable bonds is 42. The zero-order valence-corrected chi connectivity index (χ0v) is 37.8. The molecule has 344 valence electrons. The minimum Gasteiger partial charge on any atom is -0.469 e. The van der Waals surface area contributed by atoms with Gasteiger partial charge in [-0.1, -0.05) is 81.4 Å². The molecule has 2 rings (SSSR count). The van der Waals surface area contributed by atoms with Gasteiger partial charge in [-0.3, -0.25) is 4.79 Å². The molecule has 0 N–H and O–H groups in total. The van der Waals surface area contributed by atoms with E-state index < -0.39 is 8.32 Å². The number of esters is 1. The fourth-order valence-corrected chi connectivity index (χ4v) is 10.3. The lowest BCUT2D eigenvalue weighted by molar-refractivity contribution is -0.141. The quantitative estimate of drug-likeness (QED) is 0.0546. The molecule has 15 nitrogen and oxygen atoms in total.